The molecule has 0 aliphatic carbocycles. The molecule has 1 atom stereocenters. The van der Waals surface area contributed by atoms with Crippen LogP contribution in [-0.2, 0) is 9.59 Å². The molecule has 3 aromatic rings. The SMILES string of the molecule is COc1ccc(C)cc1/C(O)=C1\C(=O)C(=O)N(c2cccc(C)c2)C1c1sccc1C. The number of aryl methyl sites for hydroxylation is 3. The fourth-order valence-electron chi connectivity index (χ4n) is 3.94. The van der Waals surface area contributed by atoms with E-state index in [1.165, 1.54) is 23.3 Å². The minimum atomic E-state index is -0.716. The Kier molecular flexibility index (Phi) is 5.41. The van der Waals surface area contributed by atoms with Gasteiger partial charge in [0.25, 0.3) is 11.7 Å². The molecular formula is C25H23NO4S. The summed E-state index contributed by atoms with van der Waals surface area (Å²) in [7, 11) is 1.51. The summed E-state index contributed by atoms with van der Waals surface area (Å²) in [4.78, 5) is 28.8. The molecule has 1 amide bonds. The van der Waals surface area contributed by atoms with Crippen LogP contribution in [0.15, 0.2) is 59.5 Å². The first-order chi connectivity index (χ1) is 14.8. The second-order valence-corrected chi connectivity index (χ2v) is 8.63. The van der Waals surface area contributed by atoms with Crippen molar-refractivity contribution < 1.29 is 19.4 Å². The van der Waals surface area contributed by atoms with E-state index in [1.807, 2.05) is 56.5 Å². The van der Waals surface area contributed by atoms with E-state index in [0.29, 0.717) is 17.0 Å². The number of rotatable bonds is 4. The number of hydrogen-bond acceptors (Lipinski definition) is 5. The summed E-state index contributed by atoms with van der Waals surface area (Å²) in [6, 6.07) is 14.1. The third-order valence-corrected chi connectivity index (χ3v) is 6.56. The fourth-order valence-corrected chi connectivity index (χ4v) is 4.97. The highest BCUT2D eigenvalue weighted by atomic mass is 32.1. The smallest absolute Gasteiger partial charge is 0.300 e. The molecule has 0 saturated carbocycles. The number of amides is 1. The molecule has 0 spiro atoms. The largest absolute Gasteiger partial charge is 0.507 e. The van der Waals surface area contributed by atoms with Gasteiger partial charge in [-0.3, -0.25) is 14.5 Å². The minimum Gasteiger partial charge on any atom is -0.507 e. The summed E-state index contributed by atoms with van der Waals surface area (Å²) in [6.45, 7) is 5.76. The lowest BCUT2D eigenvalue weighted by molar-refractivity contribution is -0.132. The lowest BCUT2D eigenvalue weighted by Gasteiger charge is -2.25. The van der Waals surface area contributed by atoms with Gasteiger partial charge in [-0.05, 0) is 67.6 Å². The van der Waals surface area contributed by atoms with E-state index in [0.717, 1.165) is 21.6 Å². The molecule has 4 rings (SSSR count). The molecule has 158 valence electrons. The summed E-state index contributed by atoms with van der Waals surface area (Å²) < 4.78 is 5.42. The third kappa shape index (κ3) is 3.53. The molecule has 1 aliphatic heterocycles. The molecule has 5 nitrogen and oxygen atoms in total. The van der Waals surface area contributed by atoms with Crippen molar-refractivity contribution in [2.75, 3.05) is 12.0 Å². The first kappa shape index (κ1) is 20.9. The van der Waals surface area contributed by atoms with Crippen molar-refractivity contribution in [3.63, 3.8) is 0 Å². The lowest BCUT2D eigenvalue weighted by atomic mass is 9.97. The lowest BCUT2D eigenvalue weighted by Crippen LogP contribution is -2.29. The Balaban J connectivity index is 2.00. The first-order valence-electron chi connectivity index (χ1n) is 9.90. The standard InChI is InChI=1S/C25H23NO4S/c1-14-6-5-7-17(12-14)26-21(24-16(3)10-11-31-24)20(23(28)25(26)29)22(27)18-13-15(2)8-9-19(18)30-4/h5-13,21,27H,1-4H3/b22-20+. The van der Waals surface area contributed by atoms with Gasteiger partial charge in [-0.2, -0.15) is 0 Å². The first-order valence-corrected chi connectivity index (χ1v) is 10.8. The maximum absolute atomic E-state index is 13.2. The van der Waals surface area contributed by atoms with E-state index >= 15 is 0 Å². The van der Waals surface area contributed by atoms with Crippen molar-refractivity contribution in [2.45, 2.75) is 26.8 Å². The monoisotopic (exact) mass is 433 g/mol. The maximum Gasteiger partial charge on any atom is 0.300 e. The van der Waals surface area contributed by atoms with Gasteiger partial charge in [0.2, 0.25) is 0 Å². The summed E-state index contributed by atoms with van der Waals surface area (Å²) in [5, 5.41) is 13.3. The van der Waals surface area contributed by atoms with Gasteiger partial charge in [-0.15, -0.1) is 11.3 Å². The van der Waals surface area contributed by atoms with Crippen LogP contribution in [0, 0.1) is 20.8 Å². The quantitative estimate of drug-likeness (QED) is 0.344. The Labute approximate surface area is 185 Å². The Morgan fingerprint density at radius 3 is 2.42 bits per heavy atom. The number of benzene rings is 2. The van der Waals surface area contributed by atoms with Crippen molar-refractivity contribution in [3.8, 4) is 5.75 Å². The number of nitrogens with zero attached hydrogens (tertiary/aromatic N) is 1. The topological polar surface area (TPSA) is 66.8 Å². The highest BCUT2D eigenvalue weighted by Gasteiger charge is 2.48. The fraction of sp³-hybridized carbons (Fsp3) is 0.200. The predicted octanol–water partition coefficient (Wildman–Crippen LogP) is 5.31. The van der Waals surface area contributed by atoms with Gasteiger partial charge >= 0.3 is 0 Å². The molecule has 0 radical (unpaired) electrons. The van der Waals surface area contributed by atoms with Crippen LogP contribution in [0.25, 0.3) is 5.76 Å². The van der Waals surface area contributed by atoms with Crippen LogP contribution in [0.3, 0.4) is 0 Å². The van der Waals surface area contributed by atoms with Crippen LogP contribution in [0.5, 0.6) is 5.75 Å². The predicted molar refractivity (Wildman–Crippen MR) is 123 cm³/mol. The number of methoxy groups -OCH3 is 1. The van der Waals surface area contributed by atoms with Crippen molar-refractivity contribution in [1.82, 2.24) is 0 Å². The number of anilines is 1. The second-order valence-electron chi connectivity index (χ2n) is 7.68. The Hall–Kier alpha value is -3.38. The number of thiophene rings is 1. The van der Waals surface area contributed by atoms with Crippen LogP contribution in [-0.4, -0.2) is 23.9 Å². The van der Waals surface area contributed by atoms with Crippen LogP contribution >= 0.6 is 11.3 Å². The number of aliphatic hydroxyl groups is 1. The summed E-state index contributed by atoms with van der Waals surface area (Å²) >= 11 is 1.46. The maximum atomic E-state index is 13.2. The molecule has 0 bridgehead atoms. The van der Waals surface area contributed by atoms with Crippen LogP contribution in [0.2, 0.25) is 0 Å². The Morgan fingerprint density at radius 1 is 1.03 bits per heavy atom. The summed E-state index contributed by atoms with van der Waals surface area (Å²) in [5.41, 5.74) is 3.91. The number of hydrogen-bond donors (Lipinski definition) is 1. The number of ketones is 1. The molecule has 1 aromatic heterocycles. The highest BCUT2D eigenvalue weighted by Crippen LogP contribution is 2.45. The zero-order valence-corrected chi connectivity index (χ0v) is 18.6. The highest BCUT2D eigenvalue weighted by molar-refractivity contribution is 7.10. The molecule has 2 aromatic carbocycles. The summed E-state index contributed by atoms with van der Waals surface area (Å²) in [6.07, 6.45) is 0. The second kappa shape index (κ2) is 8.04. The van der Waals surface area contributed by atoms with E-state index in [2.05, 4.69) is 0 Å². The van der Waals surface area contributed by atoms with E-state index in [4.69, 9.17) is 4.74 Å². The van der Waals surface area contributed by atoms with Gasteiger partial charge in [-0.1, -0.05) is 23.8 Å². The molecular weight excluding hydrogens is 410 g/mol. The molecule has 1 saturated heterocycles. The number of carbonyl (C=O) groups excluding carboxylic acids is 2. The zero-order valence-electron chi connectivity index (χ0n) is 17.8. The van der Waals surface area contributed by atoms with Crippen molar-refractivity contribution in [1.29, 1.82) is 0 Å². The van der Waals surface area contributed by atoms with E-state index in [1.54, 1.807) is 18.2 Å². The van der Waals surface area contributed by atoms with Gasteiger partial charge in [0, 0.05) is 10.6 Å². The molecule has 31 heavy (non-hydrogen) atoms. The number of carbonyl (C=O) groups is 2. The van der Waals surface area contributed by atoms with Crippen LogP contribution in [0.4, 0.5) is 5.69 Å². The minimum absolute atomic E-state index is 0.0703. The van der Waals surface area contributed by atoms with Gasteiger partial charge < -0.3 is 9.84 Å². The number of aliphatic hydroxyl groups excluding tert-OH is 1. The van der Waals surface area contributed by atoms with Crippen LogP contribution < -0.4 is 9.64 Å². The van der Waals surface area contributed by atoms with Gasteiger partial charge in [-0.25, -0.2) is 0 Å². The third-order valence-electron chi connectivity index (χ3n) is 5.48. The van der Waals surface area contributed by atoms with Gasteiger partial charge in [0.05, 0.1) is 18.2 Å². The van der Waals surface area contributed by atoms with Crippen molar-refractivity contribution in [3.05, 3.63) is 86.6 Å². The zero-order chi connectivity index (χ0) is 22.3. The Morgan fingerprint density at radius 2 is 1.77 bits per heavy atom. The van der Waals surface area contributed by atoms with Crippen molar-refractivity contribution in [2.24, 2.45) is 0 Å². The van der Waals surface area contributed by atoms with Gasteiger partial charge in [0.1, 0.15) is 17.6 Å². The molecule has 1 aliphatic rings. The average Bonchev–Trinajstić information content (AvgIpc) is 3.28. The van der Waals surface area contributed by atoms with Gasteiger partial charge in [0.15, 0.2) is 0 Å². The molecule has 1 fully saturated rings. The number of ether oxygens (including phenoxy) is 1. The molecule has 6 heteroatoms. The molecule has 2 heterocycles. The van der Waals surface area contributed by atoms with E-state index in [-0.39, 0.29) is 11.3 Å². The normalized spacial score (nSPS) is 17.9. The van der Waals surface area contributed by atoms with Crippen molar-refractivity contribution >= 4 is 34.5 Å². The molecule has 1 N–H and O–H groups in total. The summed E-state index contributed by atoms with van der Waals surface area (Å²) in [5.74, 6) is -1.16. The van der Waals surface area contributed by atoms with Crippen LogP contribution in [0.1, 0.15) is 33.2 Å². The van der Waals surface area contributed by atoms with E-state index < -0.39 is 17.7 Å². The molecule has 1 unspecified atom stereocenters. The number of Topliss-reactive ketones (excluding diaryl/α,β-unsaturated/α-hetero) is 1. The average molecular weight is 434 g/mol. The van der Waals surface area contributed by atoms with E-state index in [9.17, 15) is 14.7 Å². The Bertz CT molecular complexity index is 1220.